The third-order valence-corrected chi connectivity index (χ3v) is 5.85. The van der Waals surface area contributed by atoms with Crippen molar-refractivity contribution in [3.8, 4) is 17.2 Å². The SMILES string of the molecule is CCOC(=O)Oc1cnc(N)c2c(COc3cccc(OCc4cccc(C)c4)c3)csc12. The summed E-state index contributed by atoms with van der Waals surface area (Å²) in [6, 6.07) is 15.7. The number of pyridine rings is 1. The van der Waals surface area contributed by atoms with Gasteiger partial charge in [0, 0.05) is 17.0 Å². The Morgan fingerprint density at radius 2 is 1.82 bits per heavy atom. The van der Waals surface area contributed by atoms with E-state index >= 15 is 0 Å². The van der Waals surface area contributed by atoms with Crippen LogP contribution in [-0.4, -0.2) is 17.7 Å². The van der Waals surface area contributed by atoms with Crippen LogP contribution in [0.2, 0.25) is 0 Å². The maximum absolute atomic E-state index is 11.7. The largest absolute Gasteiger partial charge is 0.513 e. The van der Waals surface area contributed by atoms with Crippen LogP contribution in [0.15, 0.2) is 60.1 Å². The molecule has 2 aromatic heterocycles. The zero-order chi connectivity index (χ0) is 23.2. The molecule has 0 amide bonds. The van der Waals surface area contributed by atoms with Gasteiger partial charge in [0.2, 0.25) is 0 Å². The lowest BCUT2D eigenvalue weighted by Gasteiger charge is -2.10. The molecule has 0 saturated carbocycles. The molecule has 33 heavy (non-hydrogen) atoms. The van der Waals surface area contributed by atoms with Gasteiger partial charge in [-0.1, -0.05) is 35.9 Å². The number of aromatic nitrogens is 1. The number of rotatable bonds is 8. The maximum Gasteiger partial charge on any atom is 0.513 e. The summed E-state index contributed by atoms with van der Waals surface area (Å²) >= 11 is 1.40. The number of nitrogen functional groups attached to an aromatic ring is 1. The average Bonchev–Trinajstić information content (AvgIpc) is 3.24. The molecule has 0 aliphatic carbocycles. The van der Waals surface area contributed by atoms with E-state index < -0.39 is 6.16 Å². The highest BCUT2D eigenvalue weighted by Crippen LogP contribution is 2.37. The monoisotopic (exact) mass is 464 g/mol. The molecule has 4 rings (SSSR count). The molecule has 0 spiro atoms. The molecule has 7 nitrogen and oxygen atoms in total. The van der Waals surface area contributed by atoms with E-state index in [9.17, 15) is 4.79 Å². The van der Waals surface area contributed by atoms with Gasteiger partial charge < -0.3 is 24.7 Å². The number of aryl methyl sites for hydroxylation is 1. The summed E-state index contributed by atoms with van der Waals surface area (Å²) in [6.07, 6.45) is 0.643. The van der Waals surface area contributed by atoms with Crippen LogP contribution >= 0.6 is 11.3 Å². The van der Waals surface area contributed by atoms with Gasteiger partial charge in [-0.05, 0) is 36.9 Å². The molecule has 0 unspecified atom stereocenters. The number of carbonyl (C=O) groups excluding carboxylic acids is 1. The molecule has 0 fully saturated rings. The molecular weight excluding hydrogens is 440 g/mol. The quantitative estimate of drug-likeness (QED) is 0.325. The Labute approximate surface area is 195 Å². The smallest absolute Gasteiger partial charge is 0.489 e. The molecular formula is C25H24N2O5S. The molecule has 2 N–H and O–H groups in total. The predicted octanol–water partition coefficient (Wildman–Crippen LogP) is 5.88. The molecule has 0 atom stereocenters. The first-order valence-corrected chi connectivity index (χ1v) is 11.3. The molecule has 0 aliphatic heterocycles. The number of fused-ring (bicyclic) bond motifs is 1. The summed E-state index contributed by atoms with van der Waals surface area (Å²) in [5.41, 5.74) is 9.26. The Balaban J connectivity index is 1.45. The Kier molecular flexibility index (Phi) is 6.95. The van der Waals surface area contributed by atoms with E-state index in [0.717, 1.165) is 16.9 Å². The first-order chi connectivity index (χ1) is 16.0. The fourth-order valence-corrected chi connectivity index (χ4v) is 4.32. The lowest BCUT2D eigenvalue weighted by molar-refractivity contribution is 0.105. The Morgan fingerprint density at radius 1 is 1.06 bits per heavy atom. The zero-order valence-corrected chi connectivity index (χ0v) is 19.2. The van der Waals surface area contributed by atoms with Gasteiger partial charge in [0.15, 0.2) is 5.75 Å². The van der Waals surface area contributed by atoms with Crippen LogP contribution in [0, 0.1) is 6.92 Å². The van der Waals surface area contributed by atoms with Crippen molar-refractivity contribution in [2.75, 3.05) is 12.3 Å². The van der Waals surface area contributed by atoms with E-state index in [1.54, 1.807) is 6.92 Å². The molecule has 0 aliphatic rings. The minimum Gasteiger partial charge on any atom is -0.489 e. The third-order valence-electron chi connectivity index (χ3n) is 4.81. The number of hydrogen-bond acceptors (Lipinski definition) is 8. The van der Waals surface area contributed by atoms with Gasteiger partial charge in [0.25, 0.3) is 0 Å². The number of thiophene rings is 1. The van der Waals surface area contributed by atoms with Crippen LogP contribution < -0.4 is 19.9 Å². The molecule has 170 valence electrons. The van der Waals surface area contributed by atoms with Crippen LogP contribution in [-0.2, 0) is 18.0 Å². The molecule has 4 aromatic rings. The predicted molar refractivity (Wildman–Crippen MR) is 128 cm³/mol. The van der Waals surface area contributed by atoms with Crippen molar-refractivity contribution in [2.45, 2.75) is 27.1 Å². The van der Waals surface area contributed by atoms with Crippen LogP contribution in [0.3, 0.4) is 0 Å². The van der Waals surface area contributed by atoms with E-state index in [0.29, 0.717) is 34.0 Å². The molecule has 0 radical (unpaired) electrons. The van der Waals surface area contributed by atoms with Crippen LogP contribution in [0.4, 0.5) is 10.6 Å². The first kappa shape index (κ1) is 22.4. The van der Waals surface area contributed by atoms with Gasteiger partial charge in [-0.3, -0.25) is 0 Å². The minimum absolute atomic E-state index is 0.224. The van der Waals surface area contributed by atoms with Crippen LogP contribution in [0.5, 0.6) is 17.2 Å². The van der Waals surface area contributed by atoms with E-state index in [1.807, 2.05) is 41.8 Å². The molecule has 2 aromatic carbocycles. The van der Waals surface area contributed by atoms with Gasteiger partial charge in [-0.25, -0.2) is 9.78 Å². The van der Waals surface area contributed by atoms with Crippen molar-refractivity contribution in [1.29, 1.82) is 0 Å². The summed E-state index contributed by atoms with van der Waals surface area (Å²) in [4.78, 5) is 15.9. The Morgan fingerprint density at radius 3 is 2.58 bits per heavy atom. The van der Waals surface area contributed by atoms with Crippen molar-refractivity contribution < 1.29 is 23.7 Å². The van der Waals surface area contributed by atoms with Gasteiger partial charge in [-0.2, -0.15) is 0 Å². The molecule has 0 saturated heterocycles. The van der Waals surface area contributed by atoms with Gasteiger partial charge in [-0.15, -0.1) is 11.3 Å². The number of ether oxygens (including phenoxy) is 4. The number of carbonyl (C=O) groups is 1. The van der Waals surface area contributed by atoms with Crippen molar-refractivity contribution in [2.24, 2.45) is 0 Å². The van der Waals surface area contributed by atoms with E-state index in [2.05, 4.69) is 24.0 Å². The van der Waals surface area contributed by atoms with Crippen LogP contribution in [0.25, 0.3) is 10.1 Å². The molecule has 2 heterocycles. The molecule has 8 heteroatoms. The standard InChI is InChI=1S/C25H24N2O5S/c1-3-29-25(28)32-21-12-27-24(26)22-18(15-33-23(21)22)14-31-20-9-5-8-19(11-20)30-13-17-7-4-6-16(2)10-17/h4-12,15H,3,13-14H2,1-2H3,(H2,26,27). The summed E-state index contributed by atoms with van der Waals surface area (Å²) in [5.74, 6) is 2.04. The van der Waals surface area contributed by atoms with Crippen molar-refractivity contribution in [1.82, 2.24) is 4.98 Å². The third kappa shape index (κ3) is 5.53. The normalized spacial score (nSPS) is 10.7. The van der Waals surface area contributed by atoms with E-state index in [-0.39, 0.29) is 13.2 Å². The molecule has 0 bridgehead atoms. The highest BCUT2D eigenvalue weighted by molar-refractivity contribution is 7.17. The lowest BCUT2D eigenvalue weighted by atomic mass is 10.1. The van der Waals surface area contributed by atoms with Gasteiger partial charge in [0.05, 0.1) is 17.5 Å². The lowest BCUT2D eigenvalue weighted by Crippen LogP contribution is -2.10. The fraction of sp³-hybridized carbons (Fsp3) is 0.200. The summed E-state index contributed by atoms with van der Waals surface area (Å²) < 4.78 is 22.7. The Bertz CT molecular complexity index is 1270. The van der Waals surface area contributed by atoms with Crippen molar-refractivity contribution in [3.63, 3.8) is 0 Å². The maximum atomic E-state index is 11.7. The Hall–Kier alpha value is -3.78. The van der Waals surface area contributed by atoms with E-state index in [1.165, 1.54) is 23.1 Å². The second kappa shape index (κ2) is 10.2. The van der Waals surface area contributed by atoms with Crippen molar-refractivity contribution in [3.05, 3.63) is 76.8 Å². The number of hydrogen-bond donors (Lipinski definition) is 1. The van der Waals surface area contributed by atoms with Gasteiger partial charge in [0.1, 0.15) is 30.5 Å². The minimum atomic E-state index is -0.779. The second-order valence-corrected chi connectivity index (χ2v) is 8.18. The van der Waals surface area contributed by atoms with Gasteiger partial charge >= 0.3 is 6.16 Å². The highest BCUT2D eigenvalue weighted by Gasteiger charge is 2.17. The summed E-state index contributed by atoms with van der Waals surface area (Å²) in [6.45, 7) is 4.74. The number of nitrogens with two attached hydrogens (primary N) is 1. The number of anilines is 1. The van der Waals surface area contributed by atoms with Crippen molar-refractivity contribution >= 4 is 33.4 Å². The van der Waals surface area contributed by atoms with Crippen LogP contribution in [0.1, 0.15) is 23.6 Å². The first-order valence-electron chi connectivity index (χ1n) is 10.4. The number of benzene rings is 2. The fourth-order valence-electron chi connectivity index (χ4n) is 3.31. The average molecular weight is 465 g/mol. The number of nitrogens with zero attached hydrogens (tertiary/aromatic N) is 1. The second-order valence-electron chi connectivity index (χ2n) is 7.30. The summed E-state index contributed by atoms with van der Waals surface area (Å²) in [7, 11) is 0. The summed E-state index contributed by atoms with van der Waals surface area (Å²) in [5, 5.41) is 2.62. The highest BCUT2D eigenvalue weighted by atomic mass is 32.1. The zero-order valence-electron chi connectivity index (χ0n) is 18.4. The topological polar surface area (TPSA) is 92.9 Å². The van der Waals surface area contributed by atoms with E-state index in [4.69, 9.17) is 24.7 Å².